The molecule has 2 atom stereocenters. The molecule has 2 amide bonds. The van der Waals surface area contributed by atoms with E-state index >= 15 is 0 Å². The number of hydrogen-bond acceptors (Lipinski definition) is 4. The van der Waals surface area contributed by atoms with E-state index in [0.29, 0.717) is 5.56 Å². The van der Waals surface area contributed by atoms with Crippen LogP contribution in [-0.4, -0.2) is 40.1 Å². The molecule has 0 saturated heterocycles. The molecule has 0 fully saturated rings. The summed E-state index contributed by atoms with van der Waals surface area (Å²) in [7, 11) is 0. The molecule has 0 aliphatic carbocycles. The highest BCUT2D eigenvalue weighted by atomic mass is 16.3. The number of carbonyl (C=O) groups excluding carboxylic acids is 2. The number of carbonyl (C=O) groups is 2. The average Bonchev–Trinajstić information content (AvgIpc) is 2.62. The second-order valence-corrected chi connectivity index (χ2v) is 6.76. The van der Waals surface area contributed by atoms with Crippen molar-refractivity contribution in [3.63, 3.8) is 0 Å². The van der Waals surface area contributed by atoms with Crippen molar-refractivity contribution >= 4 is 11.8 Å². The lowest BCUT2D eigenvalue weighted by Gasteiger charge is -2.25. The highest BCUT2D eigenvalue weighted by molar-refractivity contribution is 5.94. The maximum Gasteiger partial charge on any atom is 0.268 e. The van der Waals surface area contributed by atoms with Crippen LogP contribution >= 0.6 is 0 Å². The van der Waals surface area contributed by atoms with E-state index in [4.69, 9.17) is 0 Å². The molecule has 0 spiro atoms. The fourth-order valence-electron chi connectivity index (χ4n) is 2.69. The number of amides is 2. The summed E-state index contributed by atoms with van der Waals surface area (Å²) in [6, 6.07) is 11.1. The predicted molar refractivity (Wildman–Crippen MR) is 102 cm³/mol. The van der Waals surface area contributed by atoms with Gasteiger partial charge in [-0.1, -0.05) is 36.4 Å². The number of rotatable bonds is 7. The van der Waals surface area contributed by atoms with E-state index in [1.807, 2.05) is 30.3 Å². The maximum atomic E-state index is 12.6. The molecular weight excluding hydrogens is 346 g/mol. The van der Waals surface area contributed by atoms with Crippen molar-refractivity contribution in [2.45, 2.75) is 45.4 Å². The monoisotopic (exact) mass is 371 g/mol. The molecule has 1 heterocycles. The fraction of sp³-hybridized carbons (Fsp3) is 0.350. The van der Waals surface area contributed by atoms with Crippen LogP contribution in [0.15, 0.2) is 47.3 Å². The van der Waals surface area contributed by atoms with Gasteiger partial charge in [-0.3, -0.25) is 14.4 Å². The molecule has 0 radical (unpaired) electrons. The molecule has 27 heavy (non-hydrogen) atoms. The third-order valence-corrected chi connectivity index (χ3v) is 4.05. The Kier molecular flexibility index (Phi) is 6.90. The van der Waals surface area contributed by atoms with Crippen LogP contribution in [0.4, 0.5) is 0 Å². The van der Waals surface area contributed by atoms with Crippen LogP contribution in [0, 0.1) is 6.92 Å². The molecule has 0 bridgehead atoms. The second-order valence-electron chi connectivity index (χ2n) is 6.76. The van der Waals surface area contributed by atoms with Crippen LogP contribution in [0.5, 0.6) is 0 Å². The Bertz CT molecular complexity index is 846. The summed E-state index contributed by atoms with van der Waals surface area (Å²) in [6.45, 7) is 5.26. The first kappa shape index (κ1) is 20.4. The Morgan fingerprint density at radius 1 is 1.07 bits per heavy atom. The number of benzene rings is 1. The van der Waals surface area contributed by atoms with E-state index in [9.17, 15) is 19.5 Å². The van der Waals surface area contributed by atoms with Crippen LogP contribution in [0.25, 0.3) is 0 Å². The minimum Gasteiger partial charge on any atom is -0.381 e. The largest absolute Gasteiger partial charge is 0.381 e. The standard InChI is InChI=1S/C20H25N3O4/c1-12(2)21-20(27)18(25)15(11-14-7-5-4-6-8-14)22-19(26)17-13(3)9-10-16(24)23-17/h4-10,12,15,18,25H,11H2,1-3H3,(H,21,27)(H,22,26)(H,23,24)/t15-,18?/m0/s1. The number of aromatic amines is 1. The van der Waals surface area contributed by atoms with Gasteiger partial charge in [0.2, 0.25) is 5.56 Å². The van der Waals surface area contributed by atoms with Crippen LogP contribution in [0.1, 0.15) is 35.5 Å². The van der Waals surface area contributed by atoms with Gasteiger partial charge in [-0.2, -0.15) is 0 Å². The van der Waals surface area contributed by atoms with Gasteiger partial charge in [0, 0.05) is 12.1 Å². The first-order valence-electron chi connectivity index (χ1n) is 8.81. The summed E-state index contributed by atoms with van der Waals surface area (Å²) in [6.07, 6.45) is -1.18. The first-order chi connectivity index (χ1) is 12.8. The lowest BCUT2D eigenvalue weighted by Crippen LogP contribution is -2.53. The van der Waals surface area contributed by atoms with Gasteiger partial charge in [-0.25, -0.2) is 0 Å². The lowest BCUT2D eigenvalue weighted by molar-refractivity contribution is -0.131. The van der Waals surface area contributed by atoms with E-state index in [1.165, 1.54) is 6.07 Å². The van der Waals surface area contributed by atoms with E-state index < -0.39 is 29.5 Å². The normalized spacial score (nSPS) is 13.1. The van der Waals surface area contributed by atoms with Crippen molar-refractivity contribution in [1.82, 2.24) is 15.6 Å². The fourth-order valence-corrected chi connectivity index (χ4v) is 2.69. The van der Waals surface area contributed by atoms with Gasteiger partial charge in [0.25, 0.3) is 11.8 Å². The molecule has 2 aromatic rings. The summed E-state index contributed by atoms with van der Waals surface area (Å²) >= 11 is 0. The molecule has 7 heteroatoms. The van der Waals surface area contributed by atoms with Gasteiger partial charge < -0.3 is 20.7 Å². The molecule has 1 unspecified atom stereocenters. The topological polar surface area (TPSA) is 111 Å². The van der Waals surface area contributed by atoms with E-state index in [0.717, 1.165) is 5.56 Å². The van der Waals surface area contributed by atoms with E-state index in [2.05, 4.69) is 15.6 Å². The summed E-state index contributed by atoms with van der Waals surface area (Å²) < 4.78 is 0. The molecule has 0 saturated carbocycles. The zero-order valence-electron chi connectivity index (χ0n) is 15.7. The van der Waals surface area contributed by atoms with Crippen LogP contribution in [-0.2, 0) is 11.2 Å². The van der Waals surface area contributed by atoms with Gasteiger partial charge >= 0.3 is 0 Å². The molecule has 1 aromatic heterocycles. The summed E-state index contributed by atoms with van der Waals surface area (Å²) in [5.41, 5.74) is 1.16. The van der Waals surface area contributed by atoms with Gasteiger partial charge in [0.05, 0.1) is 6.04 Å². The van der Waals surface area contributed by atoms with Crippen LogP contribution < -0.4 is 16.2 Å². The molecular formula is C20H25N3O4. The first-order valence-corrected chi connectivity index (χ1v) is 8.81. The molecule has 1 aromatic carbocycles. The quantitative estimate of drug-likeness (QED) is 0.580. The number of H-pyrrole nitrogens is 1. The van der Waals surface area contributed by atoms with E-state index in [-0.39, 0.29) is 18.2 Å². The molecule has 7 nitrogen and oxygen atoms in total. The van der Waals surface area contributed by atoms with Crippen molar-refractivity contribution in [3.8, 4) is 0 Å². The van der Waals surface area contributed by atoms with E-state index in [1.54, 1.807) is 26.8 Å². The Morgan fingerprint density at radius 2 is 1.74 bits per heavy atom. The Morgan fingerprint density at radius 3 is 2.37 bits per heavy atom. The highest BCUT2D eigenvalue weighted by Crippen LogP contribution is 2.09. The van der Waals surface area contributed by atoms with Gasteiger partial charge in [0.1, 0.15) is 5.69 Å². The zero-order valence-corrected chi connectivity index (χ0v) is 15.7. The van der Waals surface area contributed by atoms with Gasteiger partial charge in [-0.05, 0) is 38.3 Å². The third kappa shape index (κ3) is 5.79. The Balaban J connectivity index is 2.25. The van der Waals surface area contributed by atoms with Crippen LogP contribution in [0.3, 0.4) is 0 Å². The zero-order chi connectivity index (χ0) is 20.0. The second kappa shape index (κ2) is 9.14. The third-order valence-electron chi connectivity index (χ3n) is 4.05. The highest BCUT2D eigenvalue weighted by Gasteiger charge is 2.29. The number of aryl methyl sites for hydroxylation is 1. The van der Waals surface area contributed by atoms with Gasteiger partial charge in [-0.15, -0.1) is 0 Å². The van der Waals surface area contributed by atoms with Gasteiger partial charge in [0.15, 0.2) is 6.10 Å². The molecule has 0 aliphatic heterocycles. The summed E-state index contributed by atoms with van der Waals surface area (Å²) in [5, 5.41) is 15.8. The van der Waals surface area contributed by atoms with Crippen molar-refractivity contribution in [1.29, 1.82) is 0 Å². The summed E-state index contributed by atoms with van der Waals surface area (Å²) in [5.74, 6) is -1.12. The Hall–Kier alpha value is -2.93. The maximum absolute atomic E-state index is 12.6. The van der Waals surface area contributed by atoms with Crippen molar-refractivity contribution in [3.05, 3.63) is 69.6 Å². The number of aliphatic hydroxyl groups excluding tert-OH is 1. The minimum absolute atomic E-state index is 0.108. The minimum atomic E-state index is -1.44. The van der Waals surface area contributed by atoms with Crippen molar-refractivity contribution in [2.75, 3.05) is 0 Å². The average molecular weight is 371 g/mol. The molecule has 144 valence electrons. The van der Waals surface area contributed by atoms with Crippen LogP contribution in [0.2, 0.25) is 0 Å². The predicted octanol–water partition coefficient (Wildman–Crippen LogP) is 0.910. The SMILES string of the molecule is Cc1ccc(=O)[nH]c1C(=O)N[C@@H](Cc1ccccc1)C(O)C(=O)NC(C)C. The molecule has 4 N–H and O–H groups in total. The number of hydrogen-bond donors (Lipinski definition) is 4. The molecule has 0 aliphatic rings. The lowest BCUT2D eigenvalue weighted by atomic mass is 10.00. The van der Waals surface area contributed by atoms with Crippen molar-refractivity contribution < 1.29 is 14.7 Å². The smallest absolute Gasteiger partial charge is 0.268 e. The molecule has 2 rings (SSSR count). The number of aromatic nitrogens is 1. The summed E-state index contributed by atoms with van der Waals surface area (Å²) in [4.78, 5) is 38.9. The Labute approximate surface area is 157 Å². The number of pyridine rings is 1. The van der Waals surface area contributed by atoms with Crippen molar-refractivity contribution in [2.24, 2.45) is 0 Å². The number of aliphatic hydroxyl groups is 1. The number of nitrogens with one attached hydrogen (secondary N) is 3.